The first kappa shape index (κ1) is 29.1. The first-order chi connectivity index (χ1) is 25.8. The third kappa shape index (κ3) is 3.99. The third-order valence-electron chi connectivity index (χ3n) is 11.4. The van der Waals surface area contributed by atoms with Crippen LogP contribution in [0, 0.1) is 0 Å². The van der Waals surface area contributed by atoms with E-state index in [1.54, 1.807) is 0 Å². The van der Waals surface area contributed by atoms with Crippen LogP contribution in [0.1, 0.15) is 22.3 Å². The van der Waals surface area contributed by atoms with Gasteiger partial charge in [-0.1, -0.05) is 176 Å². The van der Waals surface area contributed by atoms with Gasteiger partial charge >= 0.3 is 0 Å². The minimum atomic E-state index is -0.525. The van der Waals surface area contributed by atoms with E-state index in [4.69, 9.17) is 4.42 Å². The standard InChI is InChI=1S/C51H32O/c1-4-14-33(15-5-1)38-22-12-24-42-41(38)30-31-45-48(42)43-28-27-35(32-46(43)51(45,36-17-6-2-7-18-36)37-19-8-3-9-20-37)39-23-13-25-47-49(39)44-29-26-34-16-10-11-21-40(34)50(44)52-47/h1-32H. The van der Waals surface area contributed by atoms with E-state index in [1.165, 1.54) is 71.8 Å². The Morgan fingerprint density at radius 1 is 0.365 bits per heavy atom. The van der Waals surface area contributed by atoms with Crippen LogP contribution in [0.2, 0.25) is 0 Å². The monoisotopic (exact) mass is 660 g/mol. The molecule has 11 rings (SSSR count). The van der Waals surface area contributed by atoms with Crippen LogP contribution in [0.4, 0.5) is 0 Å². The van der Waals surface area contributed by atoms with Gasteiger partial charge < -0.3 is 4.42 Å². The molecule has 1 nitrogen and oxygen atoms in total. The highest BCUT2D eigenvalue weighted by Crippen LogP contribution is 2.59. The lowest BCUT2D eigenvalue weighted by molar-refractivity contribution is 0.673. The van der Waals surface area contributed by atoms with E-state index in [1.807, 2.05) is 0 Å². The van der Waals surface area contributed by atoms with Gasteiger partial charge in [0.15, 0.2) is 0 Å². The zero-order valence-electron chi connectivity index (χ0n) is 28.4. The molecule has 0 saturated carbocycles. The Morgan fingerprint density at radius 3 is 1.81 bits per heavy atom. The predicted molar refractivity (Wildman–Crippen MR) is 217 cm³/mol. The molecular weight excluding hydrogens is 629 g/mol. The Kier molecular flexibility index (Phi) is 6.23. The van der Waals surface area contributed by atoms with Crippen LogP contribution in [0.5, 0.6) is 0 Å². The summed E-state index contributed by atoms with van der Waals surface area (Å²) in [4.78, 5) is 0. The predicted octanol–water partition coefficient (Wildman–Crippen LogP) is 13.6. The van der Waals surface area contributed by atoms with E-state index in [-0.39, 0.29) is 0 Å². The van der Waals surface area contributed by atoms with Gasteiger partial charge in [-0.2, -0.15) is 0 Å². The zero-order chi connectivity index (χ0) is 34.2. The molecule has 52 heavy (non-hydrogen) atoms. The van der Waals surface area contributed by atoms with E-state index in [0.29, 0.717) is 0 Å². The van der Waals surface area contributed by atoms with Gasteiger partial charge in [0, 0.05) is 16.2 Å². The maximum absolute atomic E-state index is 6.65. The van der Waals surface area contributed by atoms with Gasteiger partial charge in [0.1, 0.15) is 11.2 Å². The van der Waals surface area contributed by atoms with Crippen LogP contribution in [0.15, 0.2) is 199 Å². The Balaban J connectivity index is 1.24. The number of furan rings is 1. The highest BCUT2D eigenvalue weighted by atomic mass is 16.3. The van der Waals surface area contributed by atoms with Crippen molar-refractivity contribution in [1.29, 1.82) is 0 Å². The highest BCUT2D eigenvalue weighted by molar-refractivity contribution is 6.19. The molecule has 0 atom stereocenters. The van der Waals surface area contributed by atoms with E-state index in [2.05, 4.69) is 194 Å². The fourth-order valence-electron chi connectivity index (χ4n) is 9.17. The van der Waals surface area contributed by atoms with Gasteiger partial charge in [0.05, 0.1) is 5.41 Å². The maximum atomic E-state index is 6.65. The van der Waals surface area contributed by atoms with Gasteiger partial charge in [-0.3, -0.25) is 0 Å². The quantitative estimate of drug-likeness (QED) is 0.183. The molecule has 0 fully saturated rings. The van der Waals surface area contributed by atoms with Gasteiger partial charge in [-0.05, 0) is 90.0 Å². The van der Waals surface area contributed by atoms with E-state index in [0.717, 1.165) is 27.3 Å². The molecule has 1 heteroatoms. The molecule has 9 aromatic carbocycles. The largest absolute Gasteiger partial charge is 0.455 e. The summed E-state index contributed by atoms with van der Waals surface area (Å²) < 4.78 is 6.65. The van der Waals surface area contributed by atoms with E-state index >= 15 is 0 Å². The molecule has 0 spiro atoms. The minimum Gasteiger partial charge on any atom is -0.455 e. The van der Waals surface area contributed by atoms with E-state index in [9.17, 15) is 0 Å². The Hall–Kier alpha value is -6.70. The van der Waals surface area contributed by atoms with Crippen molar-refractivity contribution in [2.45, 2.75) is 5.41 Å². The molecular formula is C51H32O. The molecule has 0 amide bonds. The fourth-order valence-corrected chi connectivity index (χ4v) is 9.17. The molecule has 0 bridgehead atoms. The summed E-state index contributed by atoms with van der Waals surface area (Å²) in [5.41, 5.74) is 13.9. The molecule has 0 radical (unpaired) electrons. The third-order valence-corrected chi connectivity index (χ3v) is 11.4. The number of fused-ring (bicyclic) bond motifs is 10. The summed E-state index contributed by atoms with van der Waals surface area (Å²) >= 11 is 0. The van der Waals surface area contributed by atoms with Crippen molar-refractivity contribution in [2.75, 3.05) is 0 Å². The highest BCUT2D eigenvalue weighted by Gasteiger charge is 2.47. The smallest absolute Gasteiger partial charge is 0.143 e. The Labute approximate surface area is 302 Å². The fraction of sp³-hybridized carbons (Fsp3) is 0.0196. The molecule has 1 aromatic heterocycles. The molecule has 0 saturated heterocycles. The second-order valence-corrected chi connectivity index (χ2v) is 13.9. The van der Waals surface area contributed by atoms with Gasteiger partial charge in [0.2, 0.25) is 0 Å². The van der Waals surface area contributed by atoms with Crippen molar-refractivity contribution in [1.82, 2.24) is 0 Å². The molecule has 0 N–H and O–H groups in total. The average Bonchev–Trinajstić information content (AvgIpc) is 3.76. The lowest BCUT2D eigenvalue weighted by Crippen LogP contribution is -2.28. The van der Waals surface area contributed by atoms with Crippen molar-refractivity contribution >= 4 is 43.5 Å². The molecule has 1 aliphatic rings. The topological polar surface area (TPSA) is 13.1 Å². The van der Waals surface area contributed by atoms with Gasteiger partial charge in [0.25, 0.3) is 0 Å². The van der Waals surface area contributed by atoms with Crippen molar-refractivity contribution in [3.05, 3.63) is 216 Å². The van der Waals surface area contributed by atoms with Crippen LogP contribution < -0.4 is 0 Å². The van der Waals surface area contributed by atoms with Crippen molar-refractivity contribution in [3.8, 4) is 33.4 Å². The van der Waals surface area contributed by atoms with E-state index < -0.39 is 5.41 Å². The van der Waals surface area contributed by atoms with Crippen LogP contribution in [-0.2, 0) is 5.41 Å². The molecule has 1 aliphatic carbocycles. The Morgan fingerprint density at radius 2 is 1.02 bits per heavy atom. The Bertz CT molecular complexity index is 2950. The van der Waals surface area contributed by atoms with Crippen LogP contribution in [0.25, 0.3) is 76.9 Å². The van der Waals surface area contributed by atoms with Gasteiger partial charge in [-0.25, -0.2) is 0 Å². The zero-order valence-corrected chi connectivity index (χ0v) is 28.4. The average molecular weight is 661 g/mol. The summed E-state index contributed by atoms with van der Waals surface area (Å²) in [6.07, 6.45) is 0. The second kappa shape index (κ2) is 11.2. The SMILES string of the molecule is c1ccc(-c2cccc3c4c(ccc23)C(c2ccccc2)(c2ccccc2)c2cc(-c3cccc5oc6c7ccccc7ccc6c35)ccc2-4)cc1. The van der Waals surface area contributed by atoms with Crippen LogP contribution >= 0.6 is 0 Å². The van der Waals surface area contributed by atoms with Gasteiger partial charge in [-0.15, -0.1) is 0 Å². The van der Waals surface area contributed by atoms with Crippen molar-refractivity contribution in [2.24, 2.45) is 0 Å². The summed E-state index contributed by atoms with van der Waals surface area (Å²) in [5, 5.41) is 7.16. The maximum Gasteiger partial charge on any atom is 0.143 e. The van der Waals surface area contributed by atoms with Crippen molar-refractivity contribution in [3.63, 3.8) is 0 Å². The molecule has 0 aliphatic heterocycles. The summed E-state index contributed by atoms with van der Waals surface area (Å²) in [6.45, 7) is 0. The molecule has 1 heterocycles. The normalized spacial score (nSPS) is 13.2. The summed E-state index contributed by atoms with van der Waals surface area (Å²) in [6, 6.07) is 71.1. The molecule has 242 valence electrons. The second-order valence-electron chi connectivity index (χ2n) is 13.9. The lowest BCUT2D eigenvalue weighted by atomic mass is 9.67. The number of benzene rings is 9. The van der Waals surface area contributed by atoms with Crippen LogP contribution in [-0.4, -0.2) is 0 Å². The molecule has 0 unspecified atom stereocenters. The van der Waals surface area contributed by atoms with Crippen molar-refractivity contribution < 1.29 is 4.42 Å². The summed E-state index contributed by atoms with van der Waals surface area (Å²) in [7, 11) is 0. The summed E-state index contributed by atoms with van der Waals surface area (Å²) in [5.74, 6) is 0. The minimum absolute atomic E-state index is 0.525. The first-order valence-corrected chi connectivity index (χ1v) is 18.0. The lowest BCUT2D eigenvalue weighted by Gasteiger charge is -2.34. The number of hydrogen-bond donors (Lipinski definition) is 0. The number of rotatable bonds is 4. The molecule has 10 aromatic rings. The van der Waals surface area contributed by atoms with Crippen LogP contribution in [0.3, 0.4) is 0 Å². The number of hydrogen-bond acceptors (Lipinski definition) is 1. The first-order valence-electron chi connectivity index (χ1n) is 18.0.